The Morgan fingerprint density at radius 1 is 1.09 bits per heavy atom. The van der Waals surface area contributed by atoms with E-state index in [4.69, 9.17) is 21.1 Å². The number of fused-ring (bicyclic) bond motifs is 2. The molecule has 2 aliphatic rings. The lowest BCUT2D eigenvalue weighted by molar-refractivity contribution is -0.141. The van der Waals surface area contributed by atoms with E-state index in [-0.39, 0.29) is 11.9 Å². The Labute approximate surface area is 198 Å². The van der Waals surface area contributed by atoms with Crippen LogP contribution in [0.25, 0.3) is 0 Å². The molecule has 174 valence electrons. The highest BCUT2D eigenvalue weighted by Gasteiger charge is 2.40. The van der Waals surface area contributed by atoms with E-state index in [1.54, 1.807) is 0 Å². The van der Waals surface area contributed by atoms with Crippen molar-refractivity contribution in [2.75, 3.05) is 13.2 Å². The van der Waals surface area contributed by atoms with Gasteiger partial charge in [-0.05, 0) is 30.5 Å². The summed E-state index contributed by atoms with van der Waals surface area (Å²) in [7, 11) is 0. The van der Waals surface area contributed by atoms with Gasteiger partial charge in [0, 0.05) is 12.5 Å². The van der Waals surface area contributed by atoms with Crippen molar-refractivity contribution >= 4 is 35.1 Å². The molecule has 1 fully saturated rings. The fraction of sp³-hybridized carbons (Fsp3) is 0.400. The van der Waals surface area contributed by atoms with Gasteiger partial charge in [0.05, 0.1) is 30.5 Å². The average Bonchev–Trinajstić information content (AvgIpc) is 3.13. The largest absolute Gasteiger partial charge is 0.492 e. The van der Waals surface area contributed by atoms with Crippen molar-refractivity contribution in [1.29, 1.82) is 0 Å². The molecule has 2 aromatic rings. The molecule has 8 heteroatoms. The van der Waals surface area contributed by atoms with E-state index in [1.165, 1.54) is 6.92 Å². The molecular weight excluding hydrogens is 442 g/mol. The van der Waals surface area contributed by atoms with Gasteiger partial charge < -0.3 is 14.4 Å². The molecule has 0 saturated carbocycles. The van der Waals surface area contributed by atoms with Crippen LogP contribution in [0.1, 0.15) is 56.2 Å². The highest BCUT2D eigenvalue weighted by Crippen LogP contribution is 2.41. The number of guanidine groups is 1. The second kappa shape index (κ2) is 10.7. The maximum absolute atomic E-state index is 12.6. The van der Waals surface area contributed by atoms with E-state index in [0.29, 0.717) is 36.5 Å². The zero-order valence-electron chi connectivity index (χ0n) is 18.7. The highest BCUT2D eigenvalue weighted by atomic mass is 35.5. The SMILES string of the molecule is CC(=O)OCCCCCCCOc1ccc2c(c1Cl)CN1C(=N2)NC(=O)C1c1ccccc1. The molecule has 7 nitrogen and oxygen atoms in total. The number of carbonyl (C=O) groups excluding carboxylic acids is 2. The maximum atomic E-state index is 12.6. The normalized spacial score (nSPS) is 16.5. The van der Waals surface area contributed by atoms with Crippen molar-refractivity contribution in [3.05, 3.63) is 58.6 Å². The van der Waals surface area contributed by atoms with E-state index >= 15 is 0 Å². The summed E-state index contributed by atoms with van der Waals surface area (Å²) in [6.07, 6.45) is 4.94. The van der Waals surface area contributed by atoms with Crippen LogP contribution >= 0.6 is 11.6 Å². The Bertz CT molecular complexity index is 1040. The summed E-state index contributed by atoms with van der Waals surface area (Å²) in [5.74, 6) is 0.877. The van der Waals surface area contributed by atoms with E-state index in [1.807, 2.05) is 47.4 Å². The van der Waals surface area contributed by atoms with Crippen LogP contribution in [0.3, 0.4) is 0 Å². The third-order valence-corrected chi connectivity index (χ3v) is 6.19. The van der Waals surface area contributed by atoms with Gasteiger partial charge >= 0.3 is 5.97 Å². The van der Waals surface area contributed by atoms with E-state index < -0.39 is 6.04 Å². The van der Waals surface area contributed by atoms with Crippen LogP contribution in [0, 0.1) is 0 Å². The molecule has 0 bridgehead atoms. The van der Waals surface area contributed by atoms with Crippen LogP contribution in [0.5, 0.6) is 5.75 Å². The Morgan fingerprint density at radius 2 is 1.82 bits per heavy atom. The lowest BCUT2D eigenvalue weighted by atomic mass is 10.0. The number of aliphatic imine (C=N–C) groups is 1. The summed E-state index contributed by atoms with van der Waals surface area (Å²) in [4.78, 5) is 30.0. The molecule has 1 N–H and O–H groups in total. The Hall–Kier alpha value is -3.06. The summed E-state index contributed by atoms with van der Waals surface area (Å²) in [5, 5.41) is 3.43. The van der Waals surface area contributed by atoms with Gasteiger partial charge in [0.15, 0.2) is 0 Å². The Balaban J connectivity index is 1.33. The summed E-state index contributed by atoms with van der Waals surface area (Å²) < 4.78 is 10.9. The van der Waals surface area contributed by atoms with Gasteiger partial charge in [0.25, 0.3) is 5.91 Å². The quantitative estimate of drug-likeness (QED) is 0.395. The topological polar surface area (TPSA) is 80.2 Å². The smallest absolute Gasteiger partial charge is 0.302 e. The molecule has 1 saturated heterocycles. The zero-order chi connectivity index (χ0) is 23.2. The van der Waals surface area contributed by atoms with E-state index in [0.717, 1.165) is 48.9 Å². The summed E-state index contributed by atoms with van der Waals surface area (Å²) in [6.45, 7) is 2.97. The number of benzene rings is 2. The number of hydrogen-bond acceptors (Lipinski definition) is 6. The van der Waals surface area contributed by atoms with Crippen LogP contribution in [0.4, 0.5) is 5.69 Å². The minimum atomic E-state index is -0.431. The molecule has 4 rings (SSSR count). The summed E-state index contributed by atoms with van der Waals surface area (Å²) in [5.41, 5.74) is 2.53. The Kier molecular flexibility index (Phi) is 7.50. The molecule has 0 radical (unpaired) electrons. The van der Waals surface area contributed by atoms with Crippen LogP contribution < -0.4 is 10.1 Å². The standard InChI is InChI=1S/C25H28ClN3O4/c1-17(30)32-14-8-3-2-4-9-15-33-21-13-12-20-19(22(21)26)16-29-23(18-10-6-5-7-11-18)24(31)28-25(29)27-20/h5-7,10-13,23H,2-4,8-9,14-16H2,1H3,(H,27,28,31). The third-order valence-electron chi connectivity index (χ3n) is 5.77. The number of hydrogen-bond donors (Lipinski definition) is 1. The first-order valence-corrected chi connectivity index (χ1v) is 11.7. The van der Waals surface area contributed by atoms with Gasteiger partial charge in [-0.3, -0.25) is 14.9 Å². The van der Waals surface area contributed by atoms with Crippen molar-refractivity contribution < 1.29 is 19.1 Å². The van der Waals surface area contributed by atoms with E-state index in [2.05, 4.69) is 10.3 Å². The first kappa shape index (κ1) is 23.1. The van der Waals surface area contributed by atoms with Gasteiger partial charge in [-0.25, -0.2) is 4.99 Å². The molecule has 2 heterocycles. The molecule has 0 aromatic heterocycles. The molecule has 2 aromatic carbocycles. The fourth-order valence-corrected chi connectivity index (χ4v) is 4.39. The van der Waals surface area contributed by atoms with Crippen LogP contribution in [-0.4, -0.2) is 35.9 Å². The predicted molar refractivity (Wildman–Crippen MR) is 127 cm³/mol. The summed E-state index contributed by atoms with van der Waals surface area (Å²) in [6, 6.07) is 13.0. The van der Waals surface area contributed by atoms with E-state index in [9.17, 15) is 9.59 Å². The Morgan fingerprint density at radius 3 is 2.58 bits per heavy atom. The molecule has 1 unspecified atom stereocenters. The molecule has 1 amide bonds. The van der Waals surface area contributed by atoms with Gasteiger partial charge in [-0.2, -0.15) is 0 Å². The van der Waals surface area contributed by atoms with Crippen LogP contribution in [0.15, 0.2) is 47.5 Å². The van der Waals surface area contributed by atoms with Crippen molar-refractivity contribution in [2.45, 2.75) is 51.6 Å². The number of esters is 1. The fourth-order valence-electron chi connectivity index (χ4n) is 4.11. The third kappa shape index (κ3) is 5.47. The van der Waals surface area contributed by atoms with Crippen molar-refractivity contribution in [3.63, 3.8) is 0 Å². The van der Waals surface area contributed by atoms with Crippen molar-refractivity contribution in [2.24, 2.45) is 4.99 Å². The maximum Gasteiger partial charge on any atom is 0.302 e. The molecule has 1 atom stereocenters. The van der Waals surface area contributed by atoms with Crippen molar-refractivity contribution in [3.8, 4) is 5.75 Å². The van der Waals surface area contributed by atoms with Gasteiger partial charge in [-0.1, -0.05) is 61.2 Å². The van der Waals surface area contributed by atoms with Crippen LogP contribution in [-0.2, 0) is 20.9 Å². The minimum absolute atomic E-state index is 0.0896. The molecule has 0 aliphatic carbocycles. The van der Waals surface area contributed by atoms with Gasteiger partial charge in [0.2, 0.25) is 5.96 Å². The zero-order valence-corrected chi connectivity index (χ0v) is 19.4. The number of rotatable bonds is 10. The number of carbonyl (C=O) groups is 2. The van der Waals surface area contributed by atoms with Crippen molar-refractivity contribution in [1.82, 2.24) is 10.2 Å². The summed E-state index contributed by atoms with van der Waals surface area (Å²) >= 11 is 6.70. The lowest BCUT2D eigenvalue weighted by Gasteiger charge is -2.29. The second-order valence-electron chi connectivity index (χ2n) is 8.20. The second-order valence-corrected chi connectivity index (χ2v) is 8.58. The molecule has 33 heavy (non-hydrogen) atoms. The first-order chi connectivity index (χ1) is 16.0. The minimum Gasteiger partial charge on any atom is -0.492 e. The van der Waals surface area contributed by atoms with Gasteiger partial charge in [0.1, 0.15) is 11.8 Å². The number of nitrogens with one attached hydrogen (secondary N) is 1. The number of halogens is 1. The molecule has 0 spiro atoms. The predicted octanol–water partition coefficient (Wildman–Crippen LogP) is 4.91. The number of nitrogens with zero attached hydrogens (tertiary/aromatic N) is 2. The highest BCUT2D eigenvalue weighted by molar-refractivity contribution is 6.33. The number of ether oxygens (including phenoxy) is 2. The monoisotopic (exact) mass is 469 g/mol. The van der Waals surface area contributed by atoms with Gasteiger partial charge in [-0.15, -0.1) is 0 Å². The molecule has 2 aliphatic heterocycles. The number of unbranched alkanes of at least 4 members (excludes halogenated alkanes) is 4. The number of amides is 1. The van der Waals surface area contributed by atoms with Crippen LogP contribution in [0.2, 0.25) is 5.02 Å². The average molecular weight is 470 g/mol. The lowest BCUT2D eigenvalue weighted by Crippen LogP contribution is -2.33. The first-order valence-electron chi connectivity index (χ1n) is 11.3. The molecular formula is C25H28ClN3O4.